The molecule has 0 saturated carbocycles. The number of benzene rings is 1. The number of ether oxygens (including phenoxy) is 1. The molecule has 0 bridgehead atoms. The van der Waals surface area contributed by atoms with Crippen LogP contribution in [-0.2, 0) is 17.8 Å². The predicted molar refractivity (Wildman–Crippen MR) is 142 cm³/mol. The van der Waals surface area contributed by atoms with Crippen LogP contribution in [0.4, 0.5) is 0 Å². The Labute approximate surface area is 207 Å². The van der Waals surface area contributed by atoms with Crippen molar-refractivity contribution in [1.82, 2.24) is 20.4 Å². The van der Waals surface area contributed by atoms with E-state index in [2.05, 4.69) is 72.4 Å². The molecule has 0 radical (unpaired) electrons. The number of morpholine rings is 1. The smallest absolute Gasteiger partial charge is 0.191 e. The molecule has 1 fully saturated rings. The largest absolute Gasteiger partial charge is 0.379 e. The van der Waals surface area contributed by atoms with Crippen molar-refractivity contribution in [3.8, 4) is 0 Å². The zero-order chi connectivity index (χ0) is 21.6. The molecular formula is C24H44IN5O. The molecule has 1 aliphatic rings. The van der Waals surface area contributed by atoms with Crippen molar-refractivity contribution in [2.45, 2.75) is 59.7 Å². The number of halogens is 1. The number of nitrogens with one attached hydrogen (secondary N) is 2. The normalized spacial score (nSPS) is 16.1. The first-order valence-electron chi connectivity index (χ1n) is 11.8. The van der Waals surface area contributed by atoms with Gasteiger partial charge in [-0.1, -0.05) is 38.1 Å². The minimum absolute atomic E-state index is 0. The molecule has 1 atom stereocenters. The molecular weight excluding hydrogens is 501 g/mol. The number of hydrogen-bond donors (Lipinski definition) is 2. The first-order valence-corrected chi connectivity index (χ1v) is 11.8. The molecule has 2 rings (SSSR count). The lowest BCUT2D eigenvalue weighted by atomic mass is 10.1. The predicted octanol–water partition coefficient (Wildman–Crippen LogP) is 3.70. The number of rotatable bonds is 12. The van der Waals surface area contributed by atoms with Crippen molar-refractivity contribution in [1.29, 1.82) is 0 Å². The fraction of sp³-hybridized carbons (Fsp3) is 0.708. The molecule has 1 unspecified atom stereocenters. The van der Waals surface area contributed by atoms with E-state index in [1.54, 1.807) is 0 Å². The summed E-state index contributed by atoms with van der Waals surface area (Å²) in [5.41, 5.74) is 2.60. The van der Waals surface area contributed by atoms with E-state index in [0.29, 0.717) is 12.6 Å². The molecule has 31 heavy (non-hydrogen) atoms. The van der Waals surface area contributed by atoms with Crippen molar-refractivity contribution < 1.29 is 4.74 Å². The summed E-state index contributed by atoms with van der Waals surface area (Å²) in [6.07, 6.45) is 2.36. The third-order valence-corrected chi connectivity index (χ3v) is 5.69. The molecule has 2 N–H and O–H groups in total. The molecule has 0 aromatic heterocycles. The lowest BCUT2D eigenvalue weighted by molar-refractivity contribution is 0.0342. The highest BCUT2D eigenvalue weighted by atomic mass is 127. The Bertz CT molecular complexity index is 600. The second kappa shape index (κ2) is 16.7. The molecule has 6 nitrogen and oxygen atoms in total. The van der Waals surface area contributed by atoms with Crippen LogP contribution < -0.4 is 10.6 Å². The van der Waals surface area contributed by atoms with Crippen LogP contribution in [0.25, 0.3) is 0 Å². The second-order valence-electron chi connectivity index (χ2n) is 8.11. The summed E-state index contributed by atoms with van der Waals surface area (Å²) in [6, 6.07) is 9.29. The number of hydrogen-bond acceptors (Lipinski definition) is 4. The maximum atomic E-state index is 5.43. The van der Waals surface area contributed by atoms with Crippen LogP contribution in [0.2, 0.25) is 0 Å². The van der Waals surface area contributed by atoms with Crippen molar-refractivity contribution in [3.05, 3.63) is 35.4 Å². The maximum Gasteiger partial charge on any atom is 0.191 e. The Kier molecular flexibility index (Phi) is 15.2. The molecule has 1 heterocycles. The van der Waals surface area contributed by atoms with E-state index < -0.39 is 0 Å². The highest BCUT2D eigenvalue weighted by Gasteiger charge is 2.10. The fourth-order valence-electron chi connectivity index (χ4n) is 3.72. The van der Waals surface area contributed by atoms with Gasteiger partial charge in [0.1, 0.15) is 0 Å². The molecule has 178 valence electrons. The molecule has 0 spiro atoms. The van der Waals surface area contributed by atoms with Gasteiger partial charge in [-0.15, -0.1) is 24.0 Å². The Hall–Kier alpha value is -0.900. The zero-order valence-electron chi connectivity index (χ0n) is 20.0. The third kappa shape index (κ3) is 11.5. The summed E-state index contributed by atoms with van der Waals surface area (Å²) in [5.74, 6) is 0.908. The summed E-state index contributed by atoms with van der Waals surface area (Å²) in [6.45, 7) is 18.6. The van der Waals surface area contributed by atoms with Gasteiger partial charge in [0.25, 0.3) is 0 Å². The molecule has 1 saturated heterocycles. The monoisotopic (exact) mass is 545 g/mol. The van der Waals surface area contributed by atoms with Gasteiger partial charge in [-0.2, -0.15) is 0 Å². The first-order chi connectivity index (χ1) is 14.6. The second-order valence-corrected chi connectivity index (χ2v) is 8.11. The summed E-state index contributed by atoms with van der Waals surface area (Å²) < 4.78 is 5.43. The van der Waals surface area contributed by atoms with Crippen LogP contribution in [0.5, 0.6) is 0 Å². The fourth-order valence-corrected chi connectivity index (χ4v) is 3.72. The summed E-state index contributed by atoms with van der Waals surface area (Å²) in [4.78, 5) is 9.73. The van der Waals surface area contributed by atoms with Crippen LogP contribution >= 0.6 is 24.0 Å². The van der Waals surface area contributed by atoms with Gasteiger partial charge in [-0.25, -0.2) is 4.99 Å². The van der Waals surface area contributed by atoms with Crippen molar-refractivity contribution in [2.75, 3.05) is 52.5 Å². The molecule has 1 aromatic rings. The first kappa shape index (κ1) is 28.1. The van der Waals surface area contributed by atoms with Gasteiger partial charge in [0.05, 0.1) is 19.8 Å². The van der Waals surface area contributed by atoms with E-state index in [4.69, 9.17) is 9.73 Å². The van der Waals surface area contributed by atoms with Crippen molar-refractivity contribution in [2.24, 2.45) is 4.99 Å². The van der Waals surface area contributed by atoms with E-state index in [0.717, 1.165) is 64.9 Å². The van der Waals surface area contributed by atoms with Gasteiger partial charge < -0.3 is 20.3 Å². The molecule has 1 aliphatic heterocycles. The summed E-state index contributed by atoms with van der Waals surface area (Å²) in [7, 11) is 0. The van der Waals surface area contributed by atoms with Gasteiger partial charge in [0.15, 0.2) is 5.96 Å². The number of nitrogens with zero attached hydrogens (tertiary/aromatic N) is 3. The van der Waals surface area contributed by atoms with Crippen LogP contribution in [0, 0.1) is 0 Å². The van der Waals surface area contributed by atoms with Gasteiger partial charge in [0, 0.05) is 32.2 Å². The third-order valence-electron chi connectivity index (χ3n) is 5.69. The van der Waals surface area contributed by atoms with Crippen LogP contribution in [0.15, 0.2) is 29.3 Å². The van der Waals surface area contributed by atoms with Gasteiger partial charge in [0.2, 0.25) is 0 Å². The highest BCUT2D eigenvalue weighted by molar-refractivity contribution is 14.0. The van der Waals surface area contributed by atoms with Crippen LogP contribution in [-0.4, -0.2) is 74.3 Å². The molecule has 0 amide bonds. The summed E-state index contributed by atoms with van der Waals surface area (Å²) >= 11 is 0. The Morgan fingerprint density at radius 3 is 2.35 bits per heavy atom. The summed E-state index contributed by atoms with van der Waals surface area (Å²) in [5, 5.41) is 6.95. The van der Waals surface area contributed by atoms with Crippen LogP contribution in [0.1, 0.15) is 51.7 Å². The average Bonchev–Trinajstić information content (AvgIpc) is 2.77. The van der Waals surface area contributed by atoms with Crippen molar-refractivity contribution >= 4 is 29.9 Å². The maximum absolute atomic E-state index is 5.43. The minimum atomic E-state index is 0. The average molecular weight is 546 g/mol. The van der Waals surface area contributed by atoms with Gasteiger partial charge in [-0.05, 0) is 57.5 Å². The lowest BCUT2D eigenvalue weighted by Crippen LogP contribution is -2.42. The van der Waals surface area contributed by atoms with E-state index in [9.17, 15) is 0 Å². The van der Waals surface area contributed by atoms with E-state index in [1.165, 1.54) is 24.1 Å². The zero-order valence-corrected chi connectivity index (χ0v) is 22.4. The highest BCUT2D eigenvalue weighted by Crippen LogP contribution is 2.10. The molecule has 7 heteroatoms. The topological polar surface area (TPSA) is 52.1 Å². The standard InChI is InChI=1S/C24H43N5O.HI/c1-5-25-24(27-21(4)9-8-14-28(6-2)7-3)26-19-22-10-12-23(13-11-22)20-29-15-17-30-18-16-29;/h10-13,21H,5-9,14-20H2,1-4H3,(H2,25,26,27);1H. The van der Waals surface area contributed by atoms with E-state index in [1.807, 2.05) is 0 Å². The number of guanidine groups is 1. The lowest BCUT2D eigenvalue weighted by Gasteiger charge is -2.26. The van der Waals surface area contributed by atoms with E-state index >= 15 is 0 Å². The Morgan fingerprint density at radius 1 is 1.10 bits per heavy atom. The Morgan fingerprint density at radius 2 is 1.74 bits per heavy atom. The molecule has 1 aromatic carbocycles. The SMILES string of the molecule is CCNC(=NCc1ccc(CN2CCOCC2)cc1)NC(C)CCCN(CC)CC.I. The quantitative estimate of drug-likeness (QED) is 0.239. The van der Waals surface area contributed by atoms with Gasteiger partial charge in [-0.3, -0.25) is 4.90 Å². The van der Waals surface area contributed by atoms with Crippen LogP contribution in [0.3, 0.4) is 0 Å². The minimum Gasteiger partial charge on any atom is -0.379 e. The number of aliphatic imine (C=N–C) groups is 1. The molecule has 0 aliphatic carbocycles. The Balaban J connectivity index is 0.00000480. The van der Waals surface area contributed by atoms with E-state index in [-0.39, 0.29) is 24.0 Å². The van der Waals surface area contributed by atoms with Gasteiger partial charge >= 0.3 is 0 Å². The van der Waals surface area contributed by atoms with Crippen molar-refractivity contribution in [3.63, 3.8) is 0 Å².